The largest absolute Gasteiger partial charge is 0.465 e. The highest BCUT2D eigenvalue weighted by Crippen LogP contribution is 2.28. The molecule has 0 unspecified atom stereocenters. The molecule has 0 bridgehead atoms. The Morgan fingerprint density at radius 3 is 2.60 bits per heavy atom. The van der Waals surface area contributed by atoms with Crippen LogP contribution in [0.2, 0.25) is 0 Å². The fourth-order valence-electron chi connectivity index (χ4n) is 1.99. The van der Waals surface area contributed by atoms with Crippen molar-refractivity contribution in [2.75, 3.05) is 7.11 Å². The van der Waals surface area contributed by atoms with Crippen LogP contribution in [0.25, 0.3) is 6.08 Å². The smallest absolute Gasteiger partial charge is 0.433 e. The highest BCUT2D eigenvalue weighted by atomic mass is 19.4. The number of methoxy groups -OCH3 is 1. The Morgan fingerprint density at radius 1 is 1.32 bits per heavy atom. The highest BCUT2D eigenvalue weighted by molar-refractivity contribution is 5.90. The number of nitrogens with zero attached hydrogens (tertiary/aromatic N) is 4. The Bertz CT molecular complexity index is 787. The van der Waals surface area contributed by atoms with E-state index >= 15 is 0 Å². The summed E-state index contributed by atoms with van der Waals surface area (Å²) in [7, 11) is 2.79. The maximum absolute atomic E-state index is 12.8. The maximum Gasteiger partial charge on any atom is 0.433 e. The second kappa shape index (κ2) is 7.43. The molecule has 0 amide bonds. The van der Waals surface area contributed by atoms with Gasteiger partial charge >= 0.3 is 12.1 Å². The van der Waals surface area contributed by atoms with Crippen molar-refractivity contribution < 1.29 is 27.4 Å². The number of aryl methyl sites for hydroxylation is 1. The van der Waals surface area contributed by atoms with Gasteiger partial charge in [-0.05, 0) is 18.2 Å². The van der Waals surface area contributed by atoms with E-state index < -0.39 is 17.8 Å². The highest BCUT2D eigenvalue weighted by Gasteiger charge is 2.33. The molecule has 2 heterocycles. The Morgan fingerprint density at radius 2 is 2.04 bits per heavy atom. The van der Waals surface area contributed by atoms with Crippen molar-refractivity contribution in [3.63, 3.8) is 0 Å². The summed E-state index contributed by atoms with van der Waals surface area (Å²) < 4.78 is 49.8. The Kier molecular flexibility index (Phi) is 5.52. The van der Waals surface area contributed by atoms with Crippen molar-refractivity contribution in [1.82, 2.24) is 19.7 Å². The van der Waals surface area contributed by atoms with E-state index in [2.05, 4.69) is 26.4 Å². The number of pyridine rings is 1. The summed E-state index contributed by atoms with van der Waals surface area (Å²) in [6, 6.07) is 1.72. The van der Waals surface area contributed by atoms with Gasteiger partial charge in [0.1, 0.15) is 18.1 Å². The van der Waals surface area contributed by atoms with Crippen LogP contribution in [0.1, 0.15) is 33.4 Å². The summed E-state index contributed by atoms with van der Waals surface area (Å²) in [4.78, 5) is 19.3. The zero-order valence-electron chi connectivity index (χ0n) is 13.5. The molecular formula is C15H15F3N4O3. The first-order valence-corrected chi connectivity index (χ1v) is 7.01. The molecule has 2 rings (SSSR count). The van der Waals surface area contributed by atoms with Gasteiger partial charge in [0.05, 0.1) is 25.0 Å². The van der Waals surface area contributed by atoms with Crippen molar-refractivity contribution in [3.05, 3.63) is 47.3 Å². The van der Waals surface area contributed by atoms with Crippen LogP contribution < -0.4 is 0 Å². The van der Waals surface area contributed by atoms with Gasteiger partial charge in [-0.15, -0.1) is 0 Å². The van der Waals surface area contributed by atoms with Gasteiger partial charge in [0.2, 0.25) is 0 Å². The summed E-state index contributed by atoms with van der Waals surface area (Å²) in [5.41, 5.74) is -1.40. The van der Waals surface area contributed by atoms with Crippen LogP contribution in [0.4, 0.5) is 13.2 Å². The lowest BCUT2D eigenvalue weighted by molar-refractivity contribution is -0.141. The Hall–Kier alpha value is -2.75. The average molecular weight is 356 g/mol. The van der Waals surface area contributed by atoms with Gasteiger partial charge in [0.25, 0.3) is 0 Å². The molecular weight excluding hydrogens is 341 g/mol. The first-order valence-electron chi connectivity index (χ1n) is 7.01. The summed E-state index contributed by atoms with van der Waals surface area (Å²) >= 11 is 0. The third-order valence-electron chi connectivity index (χ3n) is 3.16. The van der Waals surface area contributed by atoms with Gasteiger partial charge in [-0.3, -0.25) is 0 Å². The minimum absolute atomic E-state index is 0.0692. The molecule has 0 aliphatic heterocycles. The van der Waals surface area contributed by atoms with Crippen LogP contribution >= 0.6 is 0 Å². The summed E-state index contributed by atoms with van der Waals surface area (Å²) in [5.74, 6) is 0.0415. The molecule has 0 atom stereocenters. The molecule has 0 fully saturated rings. The van der Waals surface area contributed by atoms with Crippen LogP contribution in [0.5, 0.6) is 0 Å². The molecule has 0 saturated heterocycles. The third-order valence-corrected chi connectivity index (χ3v) is 3.16. The van der Waals surface area contributed by atoms with Crippen LogP contribution in [-0.2, 0) is 35.9 Å². The second-order valence-electron chi connectivity index (χ2n) is 4.89. The molecule has 0 saturated carbocycles. The van der Waals surface area contributed by atoms with E-state index in [1.165, 1.54) is 10.8 Å². The normalized spacial score (nSPS) is 11.4. The first-order chi connectivity index (χ1) is 11.8. The van der Waals surface area contributed by atoms with Gasteiger partial charge in [-0.1, -0.05) is 6.58 Å². The molecule has 0 aliphatic rings. The number of carbonyl (C=O) groups is 1. The molecule has 0 radical (unpaired) electrons. The zero-order valence-corrected chi connectivity index (χ0v) is 13.5. The van der Waals surface area contributed by atoms with Gasteiger partial charge < -0.3 is 9.47 Å². The van der Waals surface area contributed by atoms with E-state index in [4.69, 9.17) is 4.74 Å². The van der Waals surface area contributed by atoms with Crippen LogP contribution in [0.3, 0.4) is 0 Å². The van der Waals surface area contributed by atoms with Gasteiger partial charge in [0.15, 0.2) is 5.82 Å². The first kappa shape index (κ1) is 18.6. The number of esters is 1. The third kappa shape index (κ3) is 4.41. The molecule has 0 N–H and O–H groups in total. The fraction of sp³-hybridized carbons (Fsp3) is 0.333. The molecule has 7 nitrogen and oxygen atoms in total. The number of ether oxygens (including phenoxy) is 2. The number of alkyl halides is 3. The topological polar surface area (TPSA) is 79.1 Å². The fourth-order valence-corrected chi connectivity index (χ4v) is 1.99. The number of hydrogen-bond donors (Lipinski definition) is 0. The Labute approximate surface area is 141 Å². The lowest BCUT2D eigenvalue weighted by Gasteiger charge is -2.11. The minimum Gasteiger partial charge on any atom is -0.465 e. The standard InChI is InChI=1S/C15H15F3N4O3/c1-4-13-20-12(21-22(13)2)8-25-7-10-9(14(23)24-3)5-6-11(19-10)15(16,17)18/h4-6H,1,7-8H2,2-3H3. The molecule has 25 heavy (non-hydrogen) atoms. The van der Waals surface area contributed by atoms with Crippen LogP contribution in [0.15, 0.2) is 18.7 Å². The van der Waals surface area contributed by atoms with Crippen molar-refractivity contribution in [2.45, 2.75) is 19.4 Å². The molecule has 0 aromatic carbocycles. The SMILES string of the molecule is C=Cc1nc(COCc2nc(C(F)(F)F)ccc2C(=O)OC)nn1C. The van der Waals surface area contributed by atoms with Crippen molar-refractivity contribution in [1.29, 1.82) is 0 Å². The van der Waals surface area contributed by atoms with Crippen LogP contribution in [-0.4, -0.2) is 32.8 Å². The summed E-state index contributed by atoms with van der Waals surface area (Å²) in [6.45, 7) is 3.17. The quantitative estimate of drug-likeness (QED) is 0.740. The number of aromatic nitrogens is 4. The van der Waals surface area contributed by atoms with E-state index in [1.54, 1.807) is 7.05 Å². The van der Waals surface area contributed by atoms with Crippen molar-refractivity contribution in [2.24, 2.45) is 7.05 Å². The van der Waals surface area contributed by atoms with Crippen molar-refractivity contribution in [3.8, 4) is 0 Å². The van der Waals surface area contributed by atoms with E-state index in [0.717, 1.165) is 13.2 Å². The number of carbonyl (C=O) groups excluding carboxylic acids is 1. The molecule has 10 heteroatoms. The molecule has 0 spiro atoms. The number of rotatable bonds is 6. The predicted octanol–water partition coefficient (Wildman–Crippen LogP) is 2.38. The van der Waals surface area contributed by atoms with Gasteiger partial charge in [0, 0.05) is 7.05 Å². The number of hydrogen-bond acceptors (Lipinski definition) is 6. The van der Waals surface area contributed by atoms with E-state index in [1.807, 2.05) is 0 Å². The summed E-state index contributed by atoms with van der Waals surface area (Å²) in [5, 5.41) is 4.06. The zero-order chi connectivity index (χ0) is 18.6. The molecule has 0 aliphatic carbocycles. The average Bonchev–Trinajstić information content (AvgIpc) is 2.93. The lowest BCUT2D eigenvalue weighted by atomic mass is 10.1. The van der Waals surface area contributed by atoms with E-state index in [9.17, 15) is 18.0 Å². The molecule has 134 valence electrons. The van der Waals surface area contributed by atoms with Gasteiger partial charge in [-0.2, -0.15) is 18.3 Å². The Balaban J connectivity index is 2.17. The predicted molar refractivity (Wildman–Crippen MR) is 80.2 cm³/mol. The molecule has 2 aromatic heterocycles. The number of halogens is 3. The van der Waals surface area contributed by atoms with Crippen molar-refractivity contribution >= 4 is 12.0 Å². The van der Waals surface area contributed by atoms with Gasteiger partial charge in [-0.25, -0.2) is 19.4 Å². The van der Waals surface area contributed by atoms with E-state index in [0.29, 0.717) is 17.7 Å². The maximum atomic E-state index is 12.8. The minimum atomic E-state index is -4.63. The monoisotopic (exact) mass is 356 g/mol. The molecule has 2 aromatic rings. The van der Waals surface area contributed by atoms with E-state index in [-0.39, 0.29) is 24.5 Å². The van der Waals surface area contributed by atoms with Crippen LogP contribution in [0, 0.1) is 0 Å². The summed E-state index contributed by atoms with van der Waals surface area (Å²) in [6.07, 6.45) is -3.13. The second-order valence-corrected chi connectivity index (χ2v) is 4.89. The lowest BCUT2D eigenvalue weighted by Crippen LogP contribution is -2.15.